The highest BCUT2D eigenvalue weighted by molar-refractivity contribution is 5.80. The Balaban J connectivity index is 1.93. The number of esters is 1. The molecule has 0 saturated heterocycles. The summed E-state index contributed by atoms with van der Waals surface area (Å²) in [6.45, 7) is 3.25. The zero-order chi connectivity index (χ0) is 18.4. The molecule has 0 unspecified atom stereocenters. The fourth-order valence-corrected chi connectivity index (χ4v) is 3.72. The Hall–Kier alpha value is -1.88. The summed E-state index contributed by atoms with van der Waals surface area (Å²) in [6, 6.07) is 8.87. The van der Waals surface area contributed by atoms with Crippen LogP contribution < -0.4 is 5.32 Å². The van der Waals surface area contributed by atoms with Crippen LogP contribution in [-0.2, 0) is 20.7 Å². The SMILES string of the molecule is CC(=O)OCC(=O)NC1CCC(Cc2cccc(C)c2)(N(C)C)CC1. The van der Waals surface area contributed by atoms with Crippen molar-refractivity contribution in [2.45, 2.75) is 57.5 Å². The lowest BCUT2D eigenvalue weighted by Gasteiger charge is -2.45. The number of hydrogen-bond donors (Lipinski definition) is 1. The summed E-state index contributed by atoms with van der Waals surface area (Å²) in [5.74, 6) is -0.639. The summed E-state index contributed by atoms with van der Waals surface area (Å²) < 4.78 is 4.76. The highest BCUT2D eigenvalue weighted by atomic mass is 16.5. The van der Waals surface area contributed by atoms with Crippen LogP contribution in [0.1, 0.15) is 43.7 Å². The number of nitrogens with one attached hydrogen (secondary N) is 1. The van der Waals surface area contributed by atoms with Crippen molar-refractivity contribution in [1.29, 1.82) is 0 Å². The fraction of sp³-hybridized carbons (Fsp3) is 0.600. The Morgan fingerprint density at radius 2 is 1.96 bits per heavy atom. The van der Waals surface area contributed by atoms with Crippen LogP contribution in [0.4, 0.5) is 0 Å². The van der Waals surface area contributed by atoms with Crippen LogP contribution in [0.25, 0.3) is 0 Å². The van der Waals surface area contributed by atoms with E-state index >= 15 is 0 Å². The number of hydrogen-bond acceptors (Lipinski definition) is 4. The van der Waals surface area contributed by atoms with Gasteiger partial charge < -0.3 is 15.0 Å². The van der Waals surface area contributed by atoms with E-state index in [9.17, 15) is 9.59 Å². The minimum Gasteiger partial charge on any atom is -0.456 e. The zero-order valence-electron chi connectivity index (χ0n) is 15.8. The highest BCUT2D eigenvalue weighted by Gasteiger charge is 2.37. The molecular formula is C20H30N2O3. The molecule has 0 aromatic heterocycles. The topological polar surface area (TPSA) is 58.6 Å². The maximum absolute atomic E-state index is 11.8. The normalized spacial score (nSPS) is 23.3. The van der Waals surface area contributed by atoms with Crippen molar-refractivity contribution in [3.63, 3.8) is 0 Å². The molecular weight excluding hydrogens is 316 g/mol. The molecule has 0 heterocycles. The first kappa shape index (κ1) is 19.4. The molecule has 25 heavy (non-hydrogen) atoms. The lowest BCUT2D eigenvalue weighted by atomic mass is 9.74. The van der Waals surface area contributed by atoms with Crippen LogP contribution in [0.3, 0.4) is 0 Å². The molecule has 5 nitrogen and oxygen atoms in total. The molecule has 0 atom stereocenters. The van der Waals surface area contributed by atoms with E-state index in [0.29, 0.717) is 0 Å². The summed E-state index contributed by atoms with van der Waals surface area (Å²) in [5.41, 5.74) is 2.79. The predicted octanol–water partition coefficient (Wildman–Crippen LogP) is 2.46. The van der Waals surface area contributed by atoms with Gasteiger partial charge >= 0.3 is 5.97 Å². The van der Waals surface area contributed by atoms with Crippen molar-refractivity contribution in [3.8, 4) is 0 Å². The van der Waals surface area contributed by atoms with Gasteiger partial charge in [-0.25, -0.2) is 0 Å². The number of ether oxygens (including phenoxy) is 1. The van der Waals surface area contributed by atoms with E-state index < -0.39 is 5.97 Å². The Kier molecular flexibility index (Phi) is 6.59. The van der Waals surface area contributed by atoms with Gasteiger partial charge in [-0.1, -0.05) is 29.8 Å². The Bertz CT molecular complexity index is 605. The van der Waals surface area contributed by atoms with Crippen LogP contribution in [0.15, 0.2) is 24.3 Å². The summed E-state index contributed by atoms with van der Waals surface area (Å²) in [6.07, 6.45) is 4.97. The molecule has 0 aliphatic heterocycles. The molecule has 0 bridgehead atoms. The molecule has 5 heteroatoms. The second-order valence-corrected chi connectivity index (χ2v) is 7.41. The van der Waals surface area contributed by atoms with Crippen molar-refractivity contribution in [2.24, 2.45) is 0 Å². The zero-order valence-corrected chi connectivity index (χ0v) is 15.8. The molecule has 138 valence electrons. The lowest BCUT2D eigenvalue weighted by Crippen LogP contribution is -2.52. The number of amides is 1. The quantitative estimate of drug-likeness (QED) is 0.804. The van der Waals surface area contributed by atoms with Crippen molar-refractivity contribution in [3.05, 3.63) is 35.4 Å². The molecule has 1 N–H and O–H groups in total. The molecule has 2 rings (SSSR count). The maximum Gasteiger partial charge on any atom is 0.303 e. The fourth-order valence-electron chi connectivity index (χ4n) is 3.72. The van der Waals surface area contributed by atoms with Gasteiger partial charge in [0.15, 0.2) is 6.61 Å². The molecule has 1 aromatic rings. The van der Waals surface area contributed by atoms with E-state index in [1.54, 1.807) is 0 Å². The molecule has 0 radical (unpaired) electrons. The number of carbonyl (C=O) groups excluding carboxylic acids is 2. The van der Waals surface area contributed by atoms with Crippen molar-refractivity contribution >= 4 is 11.9 Å². The van der Waals surface area contributed by atoms with E-state index in [1.807, 2.05) is 0 Å². The summed E-state index contributed by atoms with van der Waals surface area (Å²) in [5, 5.41) is 2.99. The second-order valence-electron chi connectivity index (χ2n) is 7.41. The number of aryl methyl sites for hydroxylation is 1. The number of likely N-dealkylation sites (N-methyl/N-ethyl adjacent to an activating group) is 1. The van der Waals surface area contributed by atoms with Gasteiger partial charge in [0.1, 0.15) is 0 Å². The van der Waals surface area contributed by atoms with E-state index in [0.717, 1.165) is 32.1 Å². The summed E-state index contributed by atoms with van der Waals surface area (Å²) >= 11 is 0. The Labute approximate surface area is 150 Å². The minimum atomic E-state index is -0.427. The number of benzene rings is 1. The molecule has 1 aromatic carbocycles. The van der Waals surface area contributed by atoms with Gasteiger partial charge in [0.2, 0.25) is 0 Å². The lowest BCUT2D eigenvalue weighted by molar-refractivity contribution is -0.146. The number of carbonyl (C=O) groups is 2. The first-order chi connectivity index (χ1) is 11.8. The van der Waals surface area contributed by atoms with Crippen molar-refractivity contribution in [2.75, 3.05) is 20.7 Å². The standard InChI is InChI=1S/C20H30N2O3/c1-15-6-5-7-17(12-15)13-20(22(3)4)10-8-18(9-11-20)21-19(24)14-25-16(2)23/h5-7,12,18H,8-11,13-14H2,1-4H3,(H,21,24). The van der Waals surface area contributed by atoms with Crippen LogP contribution in [-0.4, -0.2) is 49.1 Å². The second kappa shape index (κ2) is 8.48. The van der Waals surface area contributed by atoms with Crippen molar-refractivity contribution < 1.29 is 14.3 Å². The third-order valence-electron chi connectivity index (χ3n) is 5.25. The van der Waals surface area contributed by atoms with Gasteiger partial charge in [0.25, 0.3) is 5.91 Å². The van der Waals surface area contributed by atoms with Gasteiger partial charge in [0.05, 0.1) is 0 Å². The minimum absolute atomic E-state index is 0.130. The van der Waals surface area contributed by atoms with Crippen molar-refractivity contribution in [1.82, 2.24) is 10.2 Å². The summed E-state index contributed by atoms with van der Waals surface area (Å²) in [4.78, 5) is 25.0. The maximum atomic E-state index is 11.8. The largest absolute Gasteiger partial charge is 0.456 e. The van der Waals surface area contributed by atoms with Gasteiger partial charge in [-0.05, 0) is 58.7 Å². The molecule has 1 fully saturated rings. The smallest absolute Gasteiger partial charge is 0.303 e. The van der Waals surface area contributed by atoms with Gasteiger partial charge in [-0.2, -0.15) is 0 Å². The third-order valence-corrected chi connectivity index (χ3v) is 5.25. The van der Waals surface area contributed by atoms with E-state index in [-0.39, 0.29) is 24.1 Å². The van der Waals surface area contributed by atoms with Gasteiger partial charge in [-0.3, -0.25) is 9.59 Å². The van der Waals surface area contributed by atoms with Gasteiger partial charge in [0, 0.05) is 18.5 Å². The monoisotopic (exact) mass is 346 g/mol. The summed E-state index contributed by atoms with van der Waals surface area (Å²) in [7, 11) is 4.30. The first-order valence-electron chi connectivity index (χ1n) is 8.96. The third kappa shape index (κ3) is 5.56. The molecule has 1 amide bonds. The van der Waals surface area contributed by atoms with Crippen LogP contribution in [0, 0.1) is 6.92 Å². The van der Waals surface area contributed by atoms with Crippen LogP contribution in [0.5, 0.6) is 0 Å². The molecule has 1 aliphatic carbocycles. The average Bonchev–Trinajstić information content (AvgIpc) is 2.55. The Morgan fingerprint density at radius 1 is 1.28 bits per heavy atom. The molecule has 0 spiro atoms. The van der Waals surface area contributed by atoms with E-state index in [4.69, 9.17) is 4.74 Å². The average molecular weight is 346 g/mol. The van der Waals surface area contributed by atoms with E-state index in [1.165, 1.54) is 18.1 Å². The Morgan fingerprint density at radius 3 is 2.52 bits per heavy atom. The first-order valence-corrected chi connectivity index (χ1v) is 8.96. The highest BCUT2D eigenvalue weighted by Crippen LogP contribution is 2.35. The van der Waals surface area contributed by atoms with E-state index in [2.05, 4.69) is 55.5 Å². The molecule has 1 aliphatic rings. The van der Waals surface area contributed by atoms with Gasteiger partial charge in [-0.15, -0.1) is 0 Å². The number of rotatable bonds is 6. The van der Waals surface area contributed by atoms with Crippen LogP contribution >= 0.6 is 0 Å². The predicted molar refractivity (Wildman–Crippen MR) is 98.3 cm³/mol. The molecule has 1 saturated carbocycles. The van der Waals surface area contributed by atoms with Crippen LogP contribution in [0.2, 0.25) is 0 Å². The number of nitrogens with zero attached hydrogens (tertiary/aromatic N) is 1.